The van der Waals surface area contributed by atoms with Gasteiger partial charge in [-0.05, 0) is 85.3 Å². The number of benzene rings is 8. The Morgan fingerprint density at radius 1 is 0.389 bits per heavy atom. The minimum Gasteiger partial charge on any atom is -0.456 e. The van der Waals surface area contributed by atoms with E-state index >= 15 is 0 Å². The third-order valence-corrected chi connectivity index (χ3v) is 11.3. The maximum atomic E-state index is 6.31. The van der Waals surface area contributed by atoms with Gasteiger partial charge in [0.25, 0.3) is 0 Å². The van der Waals surface area contributed by atoms with Crippen LogP contribution in [0.25, 0.3) is 99.9 Å². The highest BCUT2D eigenvalue weighted by Crippen LogP contribution is 2.49. The van der Waals surface area contributed by atoms with Crippen LogP contribution in [0.4, 0.5) is 0 Å². The van der Waals surface area contributed by atoms with E-state index in [0.717, 1.165) is 44.2 Å². The highest BCUT2D eigenvalue weighted by molar-refractivity contribution is 6.14. The number of aromatic nitrogens is 3. The molecule has 0 unspecified atom stereocenters. The third-order valence-electron chi connectivity index (χ3n) is 11.3. The van der Waals surface area contributed by atoms with Crippen molar-refractivity contribution in [2.45, 2.75) is 19.3 Å². The van der Waals surface area contributed by atoms with Crippen LogP contribution in [0.5, 0.6) is 0 Å². The van der Waals surface area contributed by atoms with Crippen molar-refractivity contribution in [3.63, 3.8) is 0 Å². The first-order valence-electron chi connectivity index (χ1n) is 18.4. The molecule has 0 bridgehead atoms. The van der Waals surface area contributed by atoms with Gasteiger partial charge in [-0.3, -0.25) is 0 Å². The van der Waals surface area contributed by atoms with E-state index in [2.05, 4.69) is 159 Å². The summed E-state index contributed by atoms with van der Waals surface area (Å²) in [5, 5.41) is 7.08. The summed E-state index contributed by atoms with van der Waals surface area (Å²) in [6, 6.07) is 57.9. The summed E-state index contributed by atoms with van der Waals surface area (Å²) < 4.78 is 6.31. The minimum atomic E-state index is -0.149. The molecule has 1 aliphatic carbocycles. The Labute approximate surface area is 312 Å². The van der Waals surface area contributed by atoms with E-state index in [9.17, 15) is 0 Å². The van der Waals surface area contributed by atoms with Crippen molar-refractivity contribution in [3.05, 3.63) is 175 Å². The second-order valence-corrected chi connectivity index (χ2v) is 14.8. The SMILES string of the molecule is CC1(C)c2ccccc2-c2ccc(-c3nc(-c4cccc(-c5cccc6ccc7ccccc7c56)c4)nc(-c4ccc5c(c4)oc4ccccc45)n3)cc21. The first-order valence-corrected chi connectivity index (χ1v) is 18.4. The molecule has 0 atom stereocenters. The lowest BCUT2D eigenvalue weighted by Crippen LogP contribution is -2.15. The number of fused-ring (bicyclic) bond motifs is 9. The van der Waals surface area contributed by atoms with E-state index in [1.165, 1.54) is 49.4 Å². The first-order chi connectivity index (χ1) is 26.5. The molecule has 2 aromatic heterocycles. The van der Waals surface area contributed by atoms with Gasteiger partial charge in [0.15, 0.2) is 17.5 Å². The van der Waals surface area contributed by atoms with Crippen LogP contribution in [0.15, 0.2) is 168 Å². The maximum absolute atomic E-state index is 6.31. The minimum absolute atomic E-state index is 0.149. The lowest BCUT2D eigenvalue weighted by molar-refractivity contribution is 0.660. The molecule has 11 rings (SSSR count). The quantitative estimate of drug-likeness (QED) is 0.172. The molecular weight excluding hydrogens is 659 g/mol. The zero-order chi connectivity index (χ0) is 36.0. The smallest absolute Gasteiger partial charge is 0.164 e. The van der Waals surface area contributed by atoms with Gasteiger partial charge in [-0.25, -0.2) is 15.0 Å². The number of hydrogen-bond acceptors (Lipinski definition) is 4. The van der Waals surface area contributed by atoms with Crippen molar-refractivity contribution < 1.29 is 4.42 Å². The fourth-order valence-electron chi connectivity index (χ4n) is 8.60. The van der Waals surface area contributed by atoms with E-state index in [1.54, 1.807) is 0 Å². The molecule has 0 radical (unpaired) electrons. The maximum Gasteiger partial charge on any atom is 0.164 e. The molecule has 4 nitrogen and oxygen atoms in total. The summed E-state index contributed by atoms with van der Waals surface area (Å²) in [6.45, 7) is 4.60. The van der Waals surface area contributed by atoms with Gasteiger partial charge in [-0.1, -0.05) is 147 Å². The summed E-state index contributed by atoms with van der Waals surface area (Å²) in [7, 11) is 0. The van der Waals surface area contributed by atoms with Gasteiger partial charge in [0, 0.05) is 32.9 Å². The molecule has 0 spiro atoms. The van der Waals surface area contributed by atoms with Gasteiger partial charge in [-0.15, -0.1) is 0 Å². The fraction of sp³-hybridized carbons (Fsp3) is 0.0600. The third kappa shape index (κ3) is 4.66. The Kier molecular flexibility index (Phi) is 6.56. The second kappa shape index (κ2) is 11.5. The molecule has 0 saturated carbocycles. The highest BCUT2D eigenvalue weighted by atomic mass is 16.3. The van der Waals surface area contributed by atoms with E-state index in [1.807, 2.05) is 18.2 Å². The molecule has 2 heterocycles. The van der Waals surface area contributed by atoms with Crippen molar-refractivity contribution >= 4 is 43.5 Å². The van der Waals surface area contributed by atoms with Gasteiger partial charge in [0.2, 0.25) is 0 Å². The highest BCUT2D eigenvalue weighted by Gasteiger charge is 2.35. The van der Waals surface area contributed by atoms with E-state index < -0.39 is 0 Å². The largest absolute Gasteiger partial charge is 0.456 e. The molecule has 0 amide bonds. The normalized spacial score (nSPS) is 13.1. The van der Waals surface area contributed by atoms with Crippen molar-refractivity contribution in [2.75, 3.05) is 0 Å². The van der Waals surface area contributed by atoms with Crippen LogP contribution in [0.1, 0.15) is 25.0 Å². The van der Waals surface area contributed by atoms with Crippen molar-refractivity contribution in [1.29, 1.82) is 0 Å². The molecule has 54 heavy (non-hydrogen) atoms. The Bertz CT molecular complexity index is 3150. The Hall–Kier alpha value is -6.91. The predicted molar refractivity (Wildman–Crippen MR) is 221 cm³/mol. The number of hydrogen-bond donors (Lipinski definition) is 0. The summed E-state index contributed by atoms with van der Waals surface area (Å²) in [6.07, 6.45) is 0. The number of para-hydroxylation sites is 1. The van der Waals surface area contributed by atoms with Crippen molar-refractivity contribution in [1.82, 2.24) is 15.0 Å². The summed E-state index contributed by atoms with van der Waals surface area (Å²) >= 11 is 0. The van der Waals surface area contributed by atoms with Gasteiger partial charge in [-0.2, -0.15) is 0 Å². The van der Waals surface area contributed by atoms with Gasteiger partial charge in [0.1, 0.15) is 11.2 Å². The molecule has 0 aliphatic heterocycles. The van der Waals surface area contributed by atoms with E-state index in [-0.39, 0.29) is 5.41 Å². The van der Waals surface area contributed by atoms with Crippen LogP contribution in [0, 0.1) is 0 Å². The second-order valence-electron chi connectivity index (χ2n) is 14.8. The number of nitrogens with zero attached hydrogens (tertiary/aromatic N) is 3. The van der Waals surface area contributed by atoms with E-state index in [0.29, 0.717) is 17.5 Å². The lowest BCUT2D eigenvalue weighted by atomic mass is 9.82. The molecule has 4 heteroatoms. The summed E-state index contributed by atoms with van der Waals surface area (Å²) in [4.78, 5) is 15.6. The molecule has 0 fully saturated rings. The van der Waals surface area contributed by atoms with Gasteiger partial charge < -0.3 is 4.42 Å². The Morgan fingerprint density at radius 2 is 0.981 bits per heavy atom. The van der Waals surface area contributed by atoms with Crippen molar-refractivity contribution in [3.8, 4) is 56.4 Å². The lowest BCUT2D eigenvalue weighted by Gasteiger charge is -2.21. The standard InChI is InChI=1S/C50H33N3O/c1-50(2)42-19-7-5-16-38(42)39-25-23-34(28-43(39)50)48-51-47(52-49(53-48)35-24-26-41-40-17-6-8-20-44(40)54-45(41)29-35)33-14-9-13-32(27-33)37-18-10-12-31-22-21-30-11-3-4-15-36(30)46(31)37/h3-29H,1-2H3. The Balaban J connectivity index is 1.10. The van der Waals surface area contributed by atoms with Gasteiger partial charge >= 0.3 is 0 Å². The predicted octanol–water partition coefficient (Wildman–Crippen LogP) is 13.1. The topological polar surface area (TPSA) is 51.8 Å². The van der Waals surface area contributed by atoms with Crippen LogP contribution in [0.2, 0.25) is 0 Å². The van der Waals surface area contributed by atoms with Crippen LogP contribution < -0.4 is 0 Å². The number of furan rings is 1. The van der Waals surface area contributed by atoms with Crippen LogP contribution in [-0.4, -0.2) is 15.0 Å². The van der Waals surface area contributed by atoms with E-state index in [4.69, 9.17) is 19.4 Å². The zero-order valence-electron chi connectivity index (χ0n) is 29.8. The Morgan fingerprint density at radius 3 is 1.85 bits per heavy atom. The summed E-state index contributed by atoms with van der Waals surface area (Å²) in [5.41, 5.74) is 11.7. The zero-order valence-corrected chi connectivity index (χ0v) is 29.8. The monoisotopic (exact) mass is 691 g/mol. The molecule has 8 aromatic carbocycles. The fourth-order valence-corrected chi connectivity index (χ4v) is 8.60. The molecule has 0 N–H and O–H groups in total. The molecule has 0 saturated heterocycles. The molecule has 254 valence electrons. The van der Waals surface area contributed by atoms with Gasteiger partial charge in [0.05, 0.1) is 0 Å². The van der Waals surface area contributed by atoms with Crippen LogP contribution in [-0.2, 0) is 5.41 Å². The number of rotatable bonds is 4. The van der Waals surface area contributed by atoms with Crippen LogP contribution in [0.3, 0.4) is 0 Å². The molecular formula is C50H33N3O. The van der Waals surface area contributed by atoms with Crippen LogP contribution >= 0.6 is 0 Å². The first kappa shape index (κ1) is 30.7. The average Bonchev–Trinajstić information content (AvgIpc) is 3.71. The molecule has 10 aromatic rings. The summed E-state index contributed by atoms with van der Waals surface area (Å²) in [5.74, 6) is 1.85. The molecule has 1 aliphatic rings. The average molecular weight is 692 g/mol. The van der Waals surface area contributed by atoms with Crippen molar-refractivity contribution in [2.24, 2.45) is 0 Å².